The van der Waals surface area contributed by atoms with E-state index in [0.29, 0.717) is 26.1 Å². The molecule has 0 atom stereocenters. The topological polar surface area (TPSA) is 52.6 Å². The first-order valence-corrected chi connectivity index (χ1v) is 6.81. The van der Waals surface area contributed by atoms with Gasteiger partial charge in [0, 0.05) is 18.3 Å². The van der Waals surface area contributed by atoms with Gasteiger partial charge in [0.1, 0.15) is 0 Å². The molecule has 4 nitrogen and oxygen atoms in total. The number of hydrogen-bond donors (Lipinski definition) is 0. The van der Waals surface area contributed by atoms with Gasteiger partial charge in [0.05, 0.1) is 13.2 Å². The number of ether oxygens (including phenoxy) is 2. The van der Waals surface area contributed by atoms with Crippen LogP contribution in [0.5, 0.6) is 0 Å². The molecule has 0 aromatic heterocycles. The van der Waals surface area contributed by atoms with Crippen LogP contribution in [0.4, 0.5) is 0 Å². The van der Waals surface area contributed by atoms with Crippen LogP contribution in [0, 0.1) is 5.41 Å². The van der Waals surface area contributed by atoms with Crippen molar-refractivity contribution in [1.29, 1.82) is 0 Å². The molecular formula is C14H24O4. The average Bonchev–Trinajstić information content (AvgIpc) is 2.32. The molecule has 0 radical (unpaired) electrons. The van der Waals surface area contributed by atoms with E-state index in [2.05, 4.69) is 0 Å². The molecule has 1 fully saturated rings. The average molecular weight is 256 g/mol. The van der Waals surface area contributed by atoms with Gasteiger partial charge in [0.15, 0.2) is 0 Å². The Morgan fingerprint density at radius 2 is 1.17 bits per heavy atom. The predicted octanol–water partition coefficient (Wildman–Crippen LogP) is 2.84. The van der Waals surface area contributed by atoms with Gasteiger partial charge in [-0.2, -0.15) is 0 Å². The maximum Gasteiger partial charge on any atom is 0.305 e. The second-order valence-corrected chi connectivity index (χ2v) is 5.75. The van der Waals surface area contributed by atoms with Gasteiger partial charge in [-0.1, -0.05) is 33.1 Å². The van der Waals surface area contributed by atoms with Crippen molar-refractivity contribution in [3.63, 3.8) is 0 Å². The highest BCUT2D eigenvalue weighted by molar-refractivity contribution is 5.69. The second kappa shape index (κ2) is 7.39. The van der Waals surface area contributed by atoms with E-state index in [1.807, 2.05) is 13.8 Å². The van der Waals surface area contributed by atoms with Gasteiger partial charge >= 0.3 is 11.9 Å². The number of carbonyl (C=O) groups excluding carboxylic acids is 2. The number of cyclic esters (lactones) is 2. The van der Waals surface area contributed by atoms with Crippen LogP contribution in [0.25, 0.3) is 0 Å². The Kier molecular flexibility index (Phi) is 6.16. The number of esters is 2. The molecule has 0 aliphatic carbocycles. The molecule has 104 valence electrons. The molecule has 1 heterocycles. The lowest BCUT2D eigenvalue weighted by molar-refractivity contribution is -0.152. The first-order chi connectivity index (χ1) is 8.49. The van der Waals surface area contributed by atoms with Crippen LogP contribution in [0.15, 0.2) is 0 Å². The van der Waals surface area contributed by atoms with Gasteiger partial charge in [0.25, 0.3) is 0 Å². The van der Waals surface area contributed by atoms with Crippen molar-refractivity contribution >= 4 is 11.9 Å². The summed E-state index contributed by atoms with van der Waals surface area (Å²) in [6.45, 7) is 4.47. The molecule has 1 aliphatic heterocycles. The fourth-order valence-corrected chi connectivity index (χ4v) is 1.81. The minimum Gasteiger partial charge on any atom is -0.465 e. The largest absolute Gasteiger partial charge is 0.465 e. The van der Waals surface area contributed by atoms with Crippen LogP contribution < -0.4 is 0 Å². The van der Waals surface area contributed by atoms with Gasteiger partial charge in [0.2, 0.25) is 0 Å². The maximum atomic E-state index is 11.5. The molecule has 0 spiro atoms. The third kappa shape index (κ3) is 6.62. The van der Waals surface area contributed by atoms with Crippen molar-refractivity contribution < 1.29 is 19.1 Å². The number of carbonyl (C=O) groups is 2. The van der Waals surface area contributed by atoms with Crippen molar-refractivity contribution in [2.75, 3.05) is 13.2 Å². The Morgan fingerprint density at radius 3 is 1.61 bits per heavy atom. The monoisotopic (exact) mass is 256 g/mol. The first kappa shape index (κ1) is 15.0. The molecular weight excluding hydrogens is 232 g/mol. The maximum absolute atomic E-state index is 11.5. The molecule has 18 heavy (non-hydrogen) atoms. The molecule has 0 aromatic carbocycles. The van der Waals surface area contributed by atoms with E-state index in [1.165, 1.54) is 0 Å². The zero-order valence-electron chi connectivity index (χ0n) is 11.5. The van der Waals surface area contributed by atoms with Crippen LogP contribution in [0.2, 0.25) is 0 Å². The van der Waals surface area contributed by atoms with Gasteiger partial charge in [-0.3, -0.25) is 9.59 Å². The Bertz CT molecular complexity index is 258. The van der Waals surface area contributed by atoms with Crippen molar-refractivity contribution in [3.8, 4) is 0 Å². The van der Waals surface area contributed by atoms with E-state index in [4.69, 9.17) is 9.47 Å². The standard InChI is InChI=1S/C14H24O4/c1-14(2)10-17-12(15)8-6-4-3-5-7-9-13(16)18-11-14/h3-11H2,1-2H3. The third-order valence-corrected chi connectivity index (χ3v) is 3.01. The van der Waals surface area contributed by atoms with E-state index in [9.17, 15) is 9.59 Å². The summed E-state index contributed by atoms with van der Waals surface area (Å²) >= 11 is 0. The highest BCUT2D eigenvalue weighted by atomic mass is 16.5. The molecule has 0 saturated carbocycles. The number of hydrogen-bond acceptors (Lipinski definition) is 4. The molecule has 0 unspecified atom stereocenters. The number of rotatable bonds is 0. The van der Waals surface area contributed by atoms with E-state index in [0.717, 1.165) is 32.1 Å². The molecule has 0 aromatic rings. The highest BCUT2D eigenvalue weighted by Gasteiger charge is 2.22. The zero-order chi connectivity index (χ0) is 13.4. The summed E-state index contributed by atoms with van der Waals surface area (Å²) in [4.78, 5) is 23.0. The van der Waals surface area contributed by atoms with E-state index >= 15 is 0 Å². The molecule has 0 bridgehead atoms. The highest BCUT2D eigenvalue weighted by Crippen LogP contribution is 2.18. The Labute approximate surface area is 109 Å². The van der Waals surface area contributed by atoms with Crippen molar-refractivity contribution in [2.24, 2.45) is 5.41 Å². The van der Waals surface area contributed by atoms with Gasteiger partial charge in [-0.05, 0) is 12.8 Å². The summed E-state index contributed by atoms with van der Waals surface area (Å²) in [5.41, 5.74) is -0.310. The summed E-state index contributed by atoms with van der Waals surface area (Å²) in [5.74, 6) is -0.294. The zero-order valence-corrected chi connectivity index (χ0v) is 11.5. The summed E-state index contributed by atoms with van der Waals surface area (Å²) < 4.78 is 10.4. The van der Waals surface area contributed by atoms with E-state index in [-0.39, 0.29) is 17.4 Å². The smallest absolute Gasteiger partial charge is 0.305 e. The second-order valence-electron chi connectivity index (χ2n) is 5.75. The lowest BCUT2D eigenvalue weighted by Crippen LogP contribution is -2.28. The minimum atomic E-state index is -0.310. The van der Waals surface area contributed by atoms with E-state index < -0.39 is 0 Å². The quantitative estimate of drug-likeness (QED) is 0.625. The van der Waals surface area contributed by atoms with Crippen molar-refractivity contribution in [1.82, 2.24) is 0 Å². The van der Waals surface area contributed by atoms with Gasteiger partial charge < -0.3 is 9.47 Å². The lowest BCUT2D eigenvalue weighted by atomic mass is 9.96. The van der Waals surface area contributed by atoms with E-state index in [1.54, 1.807) is 0 Å². The molecule has 1 saturated heterocycles. The van der Waals surface area contributed by atoms with Crippen LogP contribution in [-0.2, 0) is 19.1 Å². The molecule has 4 heteroatoms. The lowest BCUT2D eigenvalue weighted by Gasteiger charge is -2.23. The van der Waals surface area contributed by atoms with Crippen LogP contribution >= 0.6 is 0 Å². The summed E-state index contributed by atoms with van der Waals surface area (Å²) in [6, 6.07) is 0. The van der Waals surface area contributed by atoms with Crippen molar-refractivity contribution in [2.45, 2.75) is 58.8 Å². The molecule has 0 N–H and O–H groups in total. The van der Waals surface area contributed by atoms with Crippen LogP contribution in [-0.4, -0.2) is 25.2 Å². The minimum absolute atomic E-state index is 0.147. The predicted molar refractivity (Wildman–Crippen MR) is 68.0 cm³/mol. The van der Waals surface area contributed by atoms with Crippen LogP contribution in [0.1, 0.15) is 58.8 Å². The molecule has 1 rings (SSSR count). The molecule has 0 amide bonds. The Balaban J connectivity index is 2.46. The van der Waals surface area contributed by atoms with Crippen molar-refractivity contribution in [3.05, 3.63) is 0 Å². The summed E-state index contributed by atoms with van der Waals surface area (Å²) in [5, 5.41) is 0. The van der Waals surface area contributed by atoms with Gasteiger partial charge in [-0.25, -0.2) is 0 Å². The summed E-state index contributed by atoms with van der Waals surface area (Å²) in [6.07, 6.45) is 5.85. The van der Waals surface area contributed by atoms with Crippen LogP contribution in [0.3, 0.4) is 0 Å². The fourth-order valence-electron chi connectivity index (χ4n) is 1.81. The summed E-state index contributed by atoms with van der Waals surface area (Å²) in [7, 11) is 0. The first-order valence-electron chi connectivity index (χ1n) is 6.81. The molecule has 1 aliphatic rings. The Hall–Kier alpha value is -1.06. The fraction of sp³-hybridized carbons (Fsp3) is 0.857. The SMILES string of the molecule is CC1(C)COC(=O)CCCCCCCC(=O)OC1. The van der Waals surface area contributed by atoms with Gasteiger partial charge in [-0.15, -0.1) is 0 Å². The third-order valence-electron chi connectivity index (χ3n) is 3.01. The normalized spacial score (nSPS) is 23.7. The Morgan fingerprint density at radius 1 is 0.778 bits per heavy atom.